The molecule has 1 amide bonds. The van der Waals surface area contributed by atoms with Crippen LogP contribution in [-0.4, -0.2) is 37.0 Å². The first kappa shape index (κ1) is 11.5. The van der Waals surface area contributed by atoms with Crippen LogP contribution in [0, 0.1) is 5.92 Å². The highest BCUT2D eigenvalue weighted by Crippen LogP contribution is 2.10. The van der Waals surface area contributed by atoms with Gasteiger partial charge in [-0.3, -0.25) is 4.79 Å². The van der Waals surface area contributed by atoms with E-state index < -0.39 is 0 Å². The first-order valence-corrected chi connectivity index (χ1v) is 5.63. The molecular weight excluding hydrogens is 176 g/mol. The SMILES string of the molecule is CCCC(C)C(=O)N(C)CC1CCN1. The van der Waals surface area contributed by atoms with E-state index in [1.54, 1.807) is 0 Å². The molecule has 0 bridgehead atoms. The molecule has 0 spiro atoms. The van der Waals surface area contributed by atoms with Gasteiger partial charge in [0.05, 0.1) is 0 Å². The van der Waals surface area contributed by atoms with Gasteiger partial charge in [0.1, 0.15) is 0 Å². The summed E-state index contributed by atoms with van der Waals surface area (Å²) in [6, 6.07) is 0.540. The molecule has 82 valence electrons. The largest absolute Gasteiger partial charge is 0.344 e. The second kappa shape index (κ2) is 5.35. The number of nitrogens with zero attached hydrogens (tertiary/aromatic N) is 1. The lowest BCUT2D eigenvalue weighted by Crippen LogP contribution is -2.51. The molecule has 0 saturated carbocycles. The first-order valence-electron chi connectivity index (χ1n) is 5.63. The van der Waals surface area contributed by atoms with Gasteiger partial charge in [0.15, 0.2) is 0 Å². The molecule has 14 heavy (non-hydrogen) atoms. The average Bonchev–Trinajstić information content (AvgIpc) is 2.10. The normalized spacial score (nSPS) is 22.6. The van der Waals surface area contributed by atoms with Crippen LogP contribution in [0.3, 0.4) is 0 Å². The van der Waals surface area contributed by atoms with Crippen LogP contribution in [0.1, 0.15) is 33.1 Å². The van der Waals surface area contributed by atoms with E-state index in [0.717, 1.165) is 25.9 Å². The van der Waals surface area contributed by atoms with Crippen LogP contribution < -0.4 is 5.32 Å². The second-order valence-corrected chi connectivity index (χ2v) is 4.35. The van der Waals surface area contributed by atoms with Gasteiger partial charge in [0.25, 0.3) is 0 Å². The van der Waals surface area contributed by atoms with Crippen molar-refractivity contribution < 1.29 is 4.79 Å². The molecule has 1 aliphatic rings. The van der Waals surface area contributed by atoms with Gasteiger partial charge >= 0.3 is 0 Å². The van der Waals surface area contributed by atoms with Gasteiger partial charge in [0.2, 0.25) is 5.91 Å². The molecule has 1 N–H and O–H groups in total. The first-order chi connectivity index (χ1) is 6.65. The van der Waals surface area contributed by atoms with Crippen molar-refractivity contribution in [2.24, 2.45) is 5.92 Å². The number of nitrogens with one attached hydrogen (secondary N) is 1. The second-order valence-electron chi connectivity index (χ2n) is 4.35. The van der Waals surface area contributed by atoms with E-state index in [9.17, 15) is 4.79 Å². The molecule has 0 aromatic carbocycles. The Morgan fingerprint density at radius 2 is 2.29 bits per heavy atom. The summed E-state index contributed by atoms with van der Waals surface area (Å²) in [4.78, 5) is 13.7. The molecule has 3 nitrogen and oxygen atoms in total. The molecular formula is C11H22N2O. The molecule has 1 saturated heterocycles. The highest BCUT2D eigenvalue weighted by atomic mass is 16.2. The van der Waals surface area contributed by atoms with Crippen LogP contribution in [0.5, 0.6) is 0 Å². The molecule has 1 rings (SSSR count). The van der Waals surface area contributed by atoms with Gasteiger partial charge in [-0.25, -0.2) is 0 Å². The summed E-state index contributed by atoms with van der Waals surface area (Å²) in [6.07, 6.45) is 3.30. The van der Waals surface area contributed by atoms with Gasteiger partial charge in [-0.05, 0) is 19.4 Å². The fourth-order valence-corrected chi connectivity index (χ4v) is 1.86. The van der Waals surface area contributed by atoms with Crippen molar-refractivity contribution in [2.75, 3.05) is 20.1 Å². The van der Waals surface area contributed by atoms with Crippen LogP contribution in [0.25, 0.3) is 0 Å². The lowest BCUT2D eigenvalue weighted by molar-refractivity contribution is -0.134. The van der Waals surface area contributed by atoms with E-state index >= 15 is 0 Å². The summed E-state index contributed by atoms with van der Waals surface area (Å²) in [5.41, 5.74) is 0. The van der Waals surface area contributed by atoms with Crippen molar-refractivity contribution in [3.05, 3.63) is 0 Å². The maximum absolute atomic E-state index is 11.8. The molecule has 1 fully saturated rings. The maximum atomic E-state index is 11.8. The summed E-state index contributed by atoms with van der Waals surface area (Å²) < 4.78 is 0. The van der Waals surface area contributed by atoms with Gasteiger partial charge in [0, 0.05) is 25.6 Å². The van der Waals surface area contributed by atoms with E-state index in [2.05, 4.69) is 12.2 Å². The molecule has 0 radical (unpaired) electrons. The summed E-state index contributed by atoms with van der Waals surface area (Å²) >= 11 is 0. The number of hydrogen-bond acceptors (Lipinski definition) is 2. The predicted molar refractivity (Wildman–Crippen MR) is 58.1 cm³/mol. The summed E-state index contributed by atoms with van der Waals surface area (Å²) in [5, 5.41) is 3.31. The smallest absolute Gasteiger partial charge is 0.225 e. The molecule has 0 aromatic heterocycles. The molecule has 0 aliphatic carbocycles. The molecule has 1 heterocycles. The number of hydrogen-bond donors (Lipinski definition) is 1. The van der Waals surface area contributed by atoms with E-state index in [0.29, 0.717) is 11.9 Å². The fourth-order valence-electron chi connectivity index (χ4n) is 1.86. The minimum atomic E-state index is 0.185. The van der Waals surface area contributed by atoms with E-state index in [1.165, 1.54) is 6.42 Å². The molecule has 2 unspecified atom stereocenters. The van der Waals surface area contributed by atoms with E-state index in [-0.39, 0.29) is 5.92 Å². The summed E-state index contributed by atoms with van der Waals surface area (Å²) in [5.74, 6) is 0.477. The van der Waals surface area contributed by atoms with Crippen molar-refractivity contribution in [1.29, 1.82) is 0 Å². The maximum Gasteiger partial charge on any atom is 0.225 e. The highest BCUT2D eigenvalue weighted by molar-refractivity contribution is 5.78. The van der Waals surface area contributed by atoms with Crippen molar-refractivity contribution in [3.8, 4) is 0 Å². The zero-order valence-electron chi connectivity index (χ0n) is 9.55. The van der Waals surface area contributed by atoms with Crippen molar-refractivity contribution >= 4 is 5.91 Å². The van der Waals surface area contributed by atoms with Crippen LogP contribution in [0.4, 0.5) is 0 Å². The molecule has 0 aromatic rings. The third-order valence-electron chi connectivity index (χ3n) is 2.94. The third-order valence-corrected chi connectivity index (χ3v) is 2.94. The van der Waals surface area contributed by atoms with Crippen molar-refractivity contribution in [1.82, 2.24) is 10.2 Å². The van der Waals surface area contributed by atoms with Crippen LogP contribution >= 0.6 is 0 Å². The zero-order chi connectivity index (χ0) is 10.6. The number of amides is 1. The standard InChI is InChI=1S/C11H22N2O/c1-4-5-9(2)11(14)13(3)8-10-6-7-12-10/h9-10,12H,4-8H2,1-3H3. The number of carbonyl (C=O) groups is 1. The van der Waals surface area contributed by atoms with Crippen molar-refractivity contribution in [2.45, 2.75) is 39.2 Å². The van der Waals surface area contributed by atoms with Gasteiger partial charge in [-0.2, -0.15) is 0 Å². The lowest BCUT2D eigenvalue weighted by Gasteiger charge is -2.32. The Labute approximate surface area is 86.9 Å². The molecule has 2 atom stereocenters. The number of rotatable bonds is 5. The minimum Gasteiger partial charge on any atom is -0.344 e. The highest BCUT2D eigenvalue weighted by Gasteiger charge is 2.22. The van der Waals surface area contributed by atoms with Crippen LogP contribution in [0.15, 0.2) is 0 Å². The quantitative estimate of drug-likeness (QED) is 0.721. The number of carbonyl (C=O) groups excluding carboxylic acids is 1. The zero-order valence-corrected chi connectivity index (χ0v) is 9.55. The van der Waals surface area contributed by atoms with Gasteiger partial charge in [-0.15, -0.1) is 0 Å². The monoisotopic (exact) mass is 198 g/mol. The van der Waals surface area contributed by atoms with Gasteiger partial charge in [-0.1, -0.05) is 20.3 Å². The van der Waals surface area contributed by atoms with Crippen LogP contribution in [0.2, 0.25) is 0 Å². The Hall–Kier alpha value is -0.570. The van der Waals surface area contributed by atoms with E-state index in [1.807, 2.05) is 18.9 Å². The Morgan fingerprint density at radius 3 is 2.71 bits per heavy atom. The third kappa shape index (κ3) is 2.98. The minimum absolute atomic E-state index is 0.185. The summed E-state index contributed by atoms with van der Waals surface area (Å²) in [7, 11) is 1.91. The Balaban J connectivity index is 2.26. The molecule has 3 heteroatoms. The topological polar surface area (TPSA) is 32.3 Å². The van der Waals surface area contributed by atoms with Crippen molar-refractivity contribution in [3.63, 3.8) is 0 Å². The average molecular weight is 198 g/mol. The lowest BCUT2D eigenvalue weighted by atomic mass is 10.0. The van der Waals surface area contributed by atoms with Crippen LogP contribution in [-0.2, 0) is 4.79 Å². The number of likely N-dealkylation sites (N-methyl/N-ethyl adjacent to an activating group) is 1. The molecule has 1 aliphatic heterocycles. The van der Waals surface area contributed by atoms with Gasteiger partial charge < -0.3 is 10.2 Å². The predicted octanol–water partition coefficient (Wildman–Crippen LogP) is 1.24. The van der Waals surface area contributed by atoms with E-state index in [4.69, 9.17) is 0 Å². The summed E-state index contributed by atoms with van der Waals surface area (Å²) in [6.45, 7) is 6.12. The Morgan fingerprint density at radius 1 is 1.64 bits per heavy atom. The Kier molecular flexibility index (Phi) is 4.39. The Bertz CT molecular complexity index is 190. The fraction of sp³-hybridized carbons (Fsp3) is 0.909.